The molecule has 23 heavy (non-hydrogen) atoms. The molecule has 0 amide bonds. The van der Waals surface area contributed by atoms with E-state index in [4.69, 9.17) is 9.72 Å². The van der Waals surface area contributed by atoms with Gasteiger partial charge < -0.3 is 4.74 Å². The molecular weight excluding hydrogens is 356 g/mol. The number of nitrogens with zero attached hydrogens (tertiary/aromatic N) is 4. The lowest BCUT2D eigenvalue weighted by molar-refractivity contribution is 0.0540. The molecule has 120 valence electrons. The standard InChI is InChI=1S/C17H19BrN4O/c18-14-1-2-15-16(7-14)21-17(9-19-15)13-8-20-22(11-13)10-12-3-5-23-6-4-12/h1-2,7-9,12-13H,3-6,10-11H2. The highest BCUT2D eigenvalue weighted by Crippen LogP contribution is 2.24. The molecule has 1 unspecified atom stereocenters. The largest absolute Gasteiger partial charge is 0.381 e. The van der Waals surface area contributed by atoms with Gasteiger partial charge in [-0.2, -0.15) is 5.10 Å². The SMILES string of the molecule is Brc1ccc2ncc(C3C=NN(CC4CCOCC4)C3)nc2c1. The van der Waals surface area contributed by atoms with Crippen LogP contribution >= 0.6 is 15.9 Å². The topological polar surface area (TPSA) is 50.6 Å². The summed E-state index contributed by atoms with van der Waals surface area (Å²) in [6, 6.07) is 5.98. The van der Waals surface area contributed by atoms with Crippen molar-refractivity contribution >= 4 is 33.2 Å². The van der Waals surface area contributed by atoms with Crippen LogP contribution in [-0.4, -0.2) is 47.5 Å². The molecule has 0 spiro atoms. The van der Waals surface area contributed by atoms with E-state index in [9.17, 15) is 0 Å². The number of benzene rings is 1. The normalized spacial score (nSPS) is 22.1. The third-order valence-corrected chi connectivity index (χ3v) is 5.02. The molecule has 2 aliphatic heterocycles. The first kappa shape index (κ1) is 15.0. The number of hydrazone groups is 1. The molecule has 4 rings (SSSR count). The molecule has 0 bridgehead atoms. The van der Waals surface area contributed by atoms with Crippen LogP contribution in [0, 0.1) is 5.92 Å². The number of rotatable bonds is 3. The van der Waals surface area contributed by atoms with E-state index >= 15 is 0 Å². The van der Waals surface area contributed by atoms with Crippen LogP contribution in [0.1, 0.15) is 24.5 Å². The summed E-state index contributed by atoms with van der Waals surface area (Å²) in [4.78, 5) is 9.30. The van der Waals surface area contributed by atoms with Crippen molar-refractivity contribution in [1.29, 1.82) is 0 Å². The van der Waals surface area contributed by atoms with E-state index in [1.807, 2.05) is 30.6 Å². The fourth-order valence-corrected chi connectivity index (χ4v) is 3.54. The van der Waals surface area contributed by atoms with E-state index in [2.05, 4.69) is 31.0 Å². The first-order chi connectivity index (χ1) is 11.3. The van der Waals surface area contributed by atoms with Crippen molar-refractivity contribution in [2.45, 2.75) is 18.8 Å². The molecule has 3 heterocycles. The van der Waals surface area contributed by atoms with Crippen molar-refractivity contribution in [3.05, 3.63) is 34.6 Å². The second kappa shape index (κ2) is 6.53. The zero-order valence-corrected chi connectivity index (χ0v) is 14.4. The summed E-state index contributed by atoms with van der Waals surface area (Å²) in [5.74, 6) is 0.920. The summed E-state index contributed by atoms with van der Waals surface area (Å²) in [7, 11) is 0. The zero-order chi connectivity index (χ0) is 15.6. The average molecular weight is 375 g/mol. The number of hydrogen-bond acceptors (Lipinski definition) is 5. The Hall–Kier alpha value is -1.53. The van der Waals surface area contributed by atoms with Crippen LogP contribution in [-0.2, 0) is 4.74 Å². The molecule has 6 heteroatoms. The molecule has 1 saturated heterocycles. The van der Waals surface area contributed by atoms with Crippen molar-refractivity contribution in [2.75, 3.05) is 26.3 Å². The van der Waals surface area contributed by atoms with Gasteiger partial charge in [-0.25, -0.2) is 4.98 Å². The fourth-order valence-electron chi connectivity index (χ4n) is 3.19. The summed E-state index contributed by atoms with van der Waals surface area (Å²) in [5, 5.41) is 6.75. The van der Waals surface area contributed by atoms with E-state index in [0.717, 1.165) is 60.3 Å². The monoisotopic (exact) mass is 374 g/mol. The third kappa shape index (κ3) is 3.38. The maximum absolute atomic E-state index is 5.43. The molecule has 1 aromatic carbocycles. The first-order valence-corrected chi connectivity index (χ1v) is 8.86. The predicted molar refractivity (Wildman–Crippen MR) is 93.6 cm³/mol. The molecule has 1 fully saturated rings. The van der Waals surface area contributed by atoms with Crippen molar-refractivity contribution in [3.8, 4) is 0 Å². The lowest BCUT2D eigenvalue weighted by atomic mass is 10.00. The molecule has 0 saturated carbocycles. The summed E-state index contributed by atoms with van der Waals surface area (Å²) in [5.41, 5.74) is 2.84. The van der Waals surface area contributed by atoms with Crippen LogP contribution in [0.5, 0.6) is 0 Å². The summed E-state index contributed by atoms with van der Waals surface area (Å²) in [6.07, 6.45) is 6.17. The van der Waals surface area contributed by atoms with Gasteiger partial charge in [0.1, 0.15) is 0 Å². The van der Waals surface area contributed by atoms with Gasteiger partial charge in [-0.1, -0.05) is 15.9 Å². The van der Waals surface area contributed by atoms with Gasteiger partial charge in [0.25, 0.3) is 0 Å². The average Bonchev–Trinajstić information content (AvgIpc) is 3.03. The highest BCUT2D eigenvalue weighted by molar-refractivity contribution is 9.10. The molecular formula is C17H19BrN4O. The van der Waals surface area contributed by atoms with Crippen LogP contribution < -0.4 is 0 Å². The van der Waals surface area contributed by atoms with E-state index in [1.54, 1.807) is 0 Å². The van der Waals surface area contributed by atoms with E-state index < -0.39 is 0 Å². The molecule has 5 nitrogen and oxygen atoms in total. The van der Waals surface area contributed by atoms with Gasteiger partial charge in [0.05, 0.1) is 22.6 Å². The minimum atomic E-state index is 0.228. The van der Waals surface area contributed by atoms with Crippen LogP contribution in [0.4, 0.5) is 0 Å². The molecule has 0 aliphatic carbocycles. The van der Waals surface area contributed by atoms with Crippen molar-refractivity contribution in [1.82, 2.24) is 15.0 Å². The second-order valence-electron chi connectivity index (χ2n) is 6.23. The minimum Gasteiger partial charge on any atom is -0.381 e. The van der Waals surface area contributed by atoms with Gasteiger partial charge in [-0.15, -0.1) is 0 Å². The summed E-state index contributed by atoms with van der Waals surface area (Å²) in [6.45, 7) is 3.68. The molecule has 0 radical (unpaired) electrons. The number of hydrogen-bond donors (Lipinski definition) is 0. The quantitative estimate of drug-likeness (QED) is 0.827. The molecule has 2 aliphatic rings. The van der Waals surface area contributed by atoms with Gasteiger partial charge in [0.2, 0.25) is 0 Å². The van der Waals surface area contributed by atoms with E-state index in [-0.39, 0.29) is 5.92 Å². The Labute approximate surface area is 143 Å². The van der Waals surface area contributed by atoms with Crippen molar-refractivity contribution in [3.63, 3.8) is 0 Å². The van der Waals surface area contributed by atoms with Gasteiger partial charge in [-0.3, -0.25) is 9.99 Å². The van der Waals surface area contributed by atoms with Crippen molar-refractivity contribution in [2.24, 2.45) is 11.0 Å². The number of fused-ring (bicyclic) bond motifs is 1. The Morgan fingerprint density at radius 2 is 2.09 bits per heavy atom. The van der Waals surface area contributed by atoms with Gasteiger partial charge in [0.15, 0.2) is 0 Å². The zero-order valence-electron chi connectivity index (χ0n) is 12.9. The Kier molecular flexibility index (Phi) is 4.27. The third-order valence-electron chi connectivity index (χ3n) is 4.53. The molecule has 1 aromatic heterocycles. The first-order valence-electron chi connectivity index (χ1n) is 8.07. The molecule has 0 N–H and O–H groups in total. The van der Waals surface area contributed by atoms with E-state index in [0.29, 0.717) is 5.92 Å². The minimum absolute atomic E-state index is 0.228. The summed E-state index contributed by atoms with van der Waals surface area (Å²) >= 11 is 3.49. The van der Waals surface area contributed by atoms with Crippen LogP contribution in [0.3, 0.4) is 0 Å². The van der Waals surface area contributed by atoms with E-state index in [1.165, 1.54) is 0 Å². The highest BCUT2D eigenvalue weighted by atomic mass is 79.9. The highest BCUT2D eigenvalue weighted by Gasteiger charge is 2.24. The lowest BCUT2D eigenvalue weighted by Crippen LogP contribution is -2.29. The lowest BCUT2D eigenvalue weighted by Gasteiger charge is -2.26. The van der Waals surface area contributed by atoms with Crippen LogP contribution in [0.2, 0.25) is 0 Å². The number of halogens is 1. The second-order valence-corrected chi connectivity index (χ2v) is 7.14. The maximum atomic E-state index is 5.43. The van der Waals surface area contributed by atoms with Crippen LogP contribution in [0.25, 0.3) is 11.0 Å². The van der Waals surface area contributed by atoms with Crippen molar-refractivity contribution < 1.29 is 4.74 Å². The Morgan fingerprint density at radius 3 is 2.96 bits per heavy atom. The number of ether oxygens (including phenoxy) is 1. The number of aromatic nitrogens is 2. The van der Waals surface area contributed by atoms with Gasteiger partial charge in [0, 0.05) is 43.2 Å². The Morgan fingerprint density at radius 1 is 1.22 bits per heavy atom. The van der Waals surface area contributed by atoms with Crippen LogP contribution in [0.15, 0.2) is 34.0 Å². The summed E-state index contributed by atoms with van der Waals surface area (Å²) < 4.78 is 6.45. The van der Waals surface area contributed by atoms with Gasteiger partial charge in [-0.05, 0) is 37.0 Å². The molecule has 1 atom stereocenters. The predicted octanol–water partition coefficient (Wildman–Crippen LogP) is 3.20. The smallest absolute Gasteiger partial charge is 0.0901 e. The molecule has 2 aromatic rings. The maximum Gasteiger partial charge on any atom is 0.0901 e. The fraction of sp³-hybridized carbons (Fsp3) is 0.471. The Bertz CT molecular complexity index is 730. The van der Waals surface area contributed by atoms with Gasteiger partial charge >= 0.3 is 0 Å². The Balaban J connectivity index is 1.46.